The van der Waals surface area contributed by atoms with Crippen molar-refractivity contribution in [3.05, 3.63) is 58.1 Å². The van der Waals surface area contributed by atoms with Crippen molar-refractivity contribution in [2.75, 3.05) is 11.9 Å². The Morgan fingerprint density at radius 3 is 2.69 bits per heavy atom. The van der Waals surface area contributed by atoms with E-state index in [-0.39, 0.29) is 12.3 Å². The number of carbonyl (C=O) groups is 3. The lowest BCUT2D eigenvalue weighted by Gasteiger charge is -2.14. The van der Waals surface area contributed by atoms with Gasteiger partial charge in [-0.25, -0.2) is 14.6 Å². The number of thiophene rings is 1. The summed E-state index contributed by atoms with van der Waals surface area (Å²) < 4.78 is 10.6. The topological polar surface area (TPSA) is 94.6 Å². The van der Waals surface area contributed by atoms with Crippen molar-refractivity contribution in [3.63, 3.8) is 0 Å². The van der Waals surface area contributed by atoms with Gasteiger partial charge in [0.2, 0.25) is 0 Å². The van der Waals surface area contributed by atoms with E-state index in [9.17, 15) is 14.4 Å². The van der Waals surface area contributed by atoms with Gasteiger partial charge in [0, 0.05) is 10.3 Å². The smallest absolute Gasteiger partial charge is 0.357 e. The van der Waals surface area contributed by atoms with Crippen LogP contribution in [0, 0.1) is 0 Å². The van der Waals surface area contributed by atoms with Crippen molar-refractivity contribution in [2.24, 2.45) is 0 Å². The molecule has 1 amide bonds. The normalized spacial score (nSPS) is 13.8. The van der Waals surface area contributed by atoms with E-state index in [1.54, 1.807) is 25.1 Å². The third kappa shape index (κ3) is 4.50. The first kappa shape index (κ1) is 22.0. The molecule has 0 saturated carbocycles. The highest BCUT2D eigenvalue weighted by Crippen LogP contribution is 2.38. The van der Waals surface area contributed by atoms with Crippen molar-refractivity contribution in [3.8, 4) is 0 Å². The van der Waals surface area contributed by atoms with Crippen LogP contribution in [-0.4, -0.2) is 35.5 Å². The first-order valence-corrected chi connectivity index (χ1v) is 11.5. The second-order valence-electron chi connectivity index (χ2n) is 7.56. The number of rotatable bonds is 6. The summed E-state index contributed by atoms with van der Waals surface area (Å²) in [4.78, 5) is 43.3. The number of fused-ring (bicyclic) bond motifs is 2. The van der Waals surface area contributed by atoms with Gasteiger partial charge >= 0.3 is 11.9 Å². The SMILES string of the molecule is CCOC(=O)c1c(NC(=O)C(C)OC(=O)c2ccc3ccccc3n2)sc2c1CCCC2. The van der Waals surface area contributed by atoms with Crippen LogP contribution in [0.1, 0.15) is 58.0 Å². The molecule has 0 fully saturated rings. The third-order valence-corrected chi connectivity index (χ3v) is 6.56. The van der Waals surface area contributed by atoms with Crippen molar-refractivity contribution < 1.29 is 23.9 Å². The van der Waals surface area contributed by atoms with Crippen molar-refractivity contribution in [2.45, 2.75) is 45.6 Å². The maximum atomic E-state index is 12.8. The summed E-state index contributed by atoms with van der Waals surface area (Å²) in [6.45, 7) is 3.49. The predicted octanol–water partition coefficient (Wildman–Crippen LogP) is 4.54. The van der Waals surface area contributed by atoms with E-state index in [1.807, 2.05) is 18.2 Å². The number of anilines is 1. The quantitative estimate of drug-likeness (QED) is 0.552. The van der Waals surface area contributed by atoms with Crippen molar-refractivity contribution in [1.82, 2.24) is 4.98 Å². The summed E-state index contributed by atoms with van der Waals surface area (Å²) in [5.41, 5.74) is 2.18. The summed E-state index contributed by atoms with van der Waals surface area (Å²) >= 11 is 1.39. The average molecular weight is 453 g/mol. The fraction of sp³-hybridized carbons (Fsp3) is 0.333. The maximum absolute atomic E-state index is 12.8. The van der Waals surface area contributed by atoms with E-state index in [1.165, 1.54) is 18.3 Å². The van der Waals surface area contributed by atoms with Gasteiger partial charge in [-0.2, -0.15) is 0 Å². The van der Waals surface area contributed by atoms with Gasteiger partial charge in [-0.15, -0.1) is 11.3 Å². The molecule has 0 saturated heterocycles. The lowest BCUT2D eigenvalue weighted by atomic mass is 9.95. The van der Waals surface area contributed by atoms with Gasteiger partial charge in [-0.3, -0.25) is 4.79 Å². The van der Waals surface area contributed by atoms with Gasteiger partial charge in [-0.1, -0.05) is 24.3 Å². The van der Waals surface area contributed by atoms with E-state index in [4.69, 9.17) is 9.47 Å². The number of nitrogens with one attached hydrogen (secondary N) is 1. The zero-order valence-electron chi connectivity index (χ0n) is 18.0. The third-order valence-electron chi connectivity index (χ3n) is 5.35. The molecule has 4 rings (SSSR count). The molecule has 32 heavy (non-hydrogen) atoms. The molecular formula is C24H24N2O5S. The molecule has 2 aromatic heterocycles. The number of pyridine rings is 1. The molecule has 7 nitrogen and oxygen atoms in total. The van der Waals surface area contributed by atoms with Crippen LogP contribution in [-0.2, 0) is 27.1 Å². The minimum absolute atomic E-state index is 0.127. The number of benzene rings is 1. The largest absolute Gasteiger partial charge is 0.462 e. The van der Waals surface area contributed by atoms with Crippen LogP contribution in [0.2, 0.25) is 0 Å². The van der Waals surface area contributed by atoms with Crippen LogP contribution in [0.3, 0.4) is 0 Å². The molecular weight excluding hydrogens is 428 g/mol. The molecule has 0 radical (unpaired) electrons. The molecule has 8 heteroatoms. The first-order chi connectivity index (χ1) is 15.5. The van der Waals surface area contributed by atoms with Gasteiger partial charge in [0.25, 0.3) is 5.91 Å². The van der Waals surface area contributed by atoms with Crippen LogP contribution in [0.5, 0.6) is 0 Å². The molecule has 2 heterocycles. The van der Waals surface area contributed by atoms with Crippen LogP contribution < -0.4 is 5.32 Å². The van der Waals surface area contributed by atoms with E-state index in [0.29, 0.717) is 16.1 Å². The molecule has 0 aliphatic heterocycles. The highest BCUT2D eigenvalue weighted by molar-refractivity contribution is 7.17. The Hall–Kier alpha value is -3.26. The minimum atomic E-state index is -1.06. The monoisotopic (exact) mass is 452 g/mol. The zero-order valence-corrected chi connectivity index (χ0v) is 18.8. The van der Waals surface area contributed by atoms with E-state index >= 15 is 0 Å². The molecule has 1 atom stereocenters. The Morgan fingerprint density at radius 1 is 1.09 bits per heavy atom. The van der Waals surface area contributed by atoms with Gasteiger partial charge in [0.05, 0.1) is 17.7 Å². The van der Waals surface area contributed by atoms with Gasteiger partial charge in [0.15, 0.2) is 6.10 Å². The molecule has 1 aromatic carbocycles. The number of hydrogen-bond acceptors (Lipinski definition) is 7. The van der Waals surface area contributed by atoms with Crippen molar-refractivity contribution in [1.29, 1.82) is 0 Å². The maximum Gasteiger partial charge on any atom is 0.357 e. The summed E-state index contributed by atoms with van der Waals surface area (Å²) in [6.07, 6.45) is 2.64. The van der Waals surface area contributed by atoms with Gasteiger partial charge in [-0.05, 0) is 57.2 Å². The Balaban J connectivity index is 1.49. The zero-order chi connectivity index (χ0) is 22.7. The second kappa shape index (κ2) is 9.48. The summed E-state index contributed by atoms with van der Waals surface area (Å²) in [7, 11) is 0. The number of nitrogens with zero attached hydrogens (tertiary/aromatic N) is 1. The Kier molecular flexibility index (Phi) is 6.50. The molecule has 1 aliphatic rings. The standard InChI is InChI=1S/C24H24N2O5S/c1-3-30-24(29)20-16-9-5-7-11-19(16)32-22(20)26-21(27)14(2)31-23(28)18-13-12-15-8-4-6-10-17(15)25-18/h4,6,8,10,12-14H,3,5,7,9,11H2,1-2H3,(H,26,27). The highest BCUT2D eigenvalue weighted by atomic mass is 32.1. The van der Waals surface area contributed by atoms with Crippen LogP contribution in [0.25, 0.3) is 10.9 Å². The second-order valence-corrected chi connectivity index (χ2v) is 8.67. The van der Waals surface area contributed by atoms with Crippen molar-refractivity contribution >= 4 is 45.1 Å². The van der Waals surface area contributed by atoms with E-state index < -0.39 is 23.9 Å². The minimum Gasteiger partial charge on any atom is -0.462 e. The molecule has 1 aliphatic carbocycles. The number of carbonyl (C=O) groups excluding carboxylic acids is 3. The average Bonchev–Trinajstić information content (AvgIpc) is 3.16. The summed E-state index contributed by atoms with van der Waals surface area (Å²) in [6, 6.07) is 10.8. The van der Waals surface area contributed by atoms with Crippen LogP contribution in [0.4, 0.5) is 5.00 Å². The number of hydrogen-bond donors (Lipinski definition) is 1. The highest BCUT2D eigenvalue weighted by Gasteiger charge is 2.29. The molecule has 1 N–H and O–H groups in total. The Labute approximate surface area is 189 Å². The summed E-state index contributed by atoms with van der Waals surface area (Å²) in [5.74, 6) is -1.63. The van der Waals surface area contributed by atoms with Crippen LogP contribution in [0.15, 0.2) is 36.4 Å². The number of ether oxygens (including phenoxy) is 2. The van der Waals surface area contributed by atoms with Gasteiger partial charge in [0.1, 0.15) is 10.7 Å². The number of para-hydroxylation sites is 1. The van der Waals surface area contributed by atoms with Gasteiger partial charge < -0.3 is 14.8 Å². The number of amides is 1. The molecule has 3 aromatic rings. The fourth-order valence-corrected chi connectivity index (χ4v) is 5.02. The van der Waals surface area contributed by atoms with E-state index in [0.717, 1.165) is 41.5 Å². The number of esters is 2. The Bertz CT molecular complexity index is 1190. The molecule has 0 bridgehead atoms. The molecule has 1 unspecified atom stereocenters. The van der Waals surface area contributed by atoms with E-state index in [2.05, 4.69) is 10.3 Å². The lowest BCUT2D eigenvalue weighted by molar-refractivity contribution is -0.123. The lowest BCUT2D eigenvalue weighted by Crippen LogP contribution is -2.30. The van der Waals surface area contributed by atoms with Crippen LogP contribution >= 0.6 is 11.3 Å². The molecule has 0 spiro atoms. The molecule has 166 valence electrons. The summed E-state index contributed by atoms with van der Waals surface area (Å²) in [5, 5.41) is 4.13. The number of aromatic nitrogens is 1. The predicted molar refractivity (Wildman–Crippen MR) is 122 cm³/mol. The number of aryl methyl sites for hydroxylation is 1. The first-order valence-electron chi connectivity index (χ1n) is 10.7. The Morgan fingerprint density at radius 2 is 1.88 bits per heavy atom. The fourth-order valence-electron chi connectivity index (χ4n) is 3.74.